The second-order valence-electron chi connectivity index (χ2n) is 6.91. The molecule has 0 radical (unpaired) electrons. The van der Waals surface area contributed by atoms with Crippen LogP contribution in [-0.4, -0.2) is 21.0 Å². The number of halogens is 1. The quantitative estimate of drug-likeness (QED) is 0.405. The Balaban J connectivity index is 1.72. The molecule has 0 bridgehead atoms. The standard InChI is InChI=1S/C23H16ClN3O3/c1-12-7-19-20(8-13(12)2)27-22(26-19)15(11-25)9-16-4-6-21(30-16)17-10-14(23(28)29)3-5-18(17)24/h3-10H,1-2H3,(H,26,27)(H,28,29)/b15-9-. The number of furan rings is 1. The smallest absolute Gasteiger partial charge is 0.335 e. The number of carboxylic acid groups (broad SMARTS) is 1. The molecule has 0 aliphatic carbocycles. The molecule has 7 heteroatoms. The van der Waals surface area contributed by atoms with Gasteiger partial charge in [-0.25, -0.2) is 9.78 Å². The third-order valence-corrected chi connectivity index (χ3v) is 5.19. The highest BCUT2D eigenvalue weighted by Gasteiger charge is 2.14. The summed E-state index contributed by atoms with van der Waals surface area (Å²) < 4.78 is 5.80. The lowest BCUT2D eigenvalue weighted by atomic mass is 10.1. The van der Waals surface area contributed by atoms with Crippen molar-refractivity contribution in [2.75, 3.05) is 0 Å². The van der Waals surface area contributed by atoms with Crippen molar-refractivity contribution in [3.63, 3.8) is 0 Å². The summed E-state index contributed by atoms with van der Waals surface area (Å²) in [5, 5.41) is 19.2. The van der Waals surface area contributed by atoms with Crippen LogP contribution in [0.15, 0.2) is 46.9 Å². The summed E-state index contributed by atoms with van der Waals surface area (Å²) in [7, 11) is 0. The Morgan fingerprint density at radius 3 is 2.70 bits per heavy atom. The van der Waals surface area contributed by atoms with E-state index in [0.717, 1.165) is 22.2 Å². The van der Waals surface area contributed by atoms with Gasteiger partial charge in [0.05, 0.1) is 27.2 Å². The monoisotopic (exact) mass is 417 g/mol. The maximum absolute atomic E-state index is 11.2. The first kappa shape index (κ1) is 19.5. The van der Waals surface area contributed by atoms with E-state index in [0.29, 0.717) is 33.5 Å². The average molecular weight is 418 g/mol. The second-order valence-corrected chi connectivity index (χ2v) is 7.32. The first-order valence-corrected chi connectivity index (χ1v) is 9.45. The minimum Gasteiger partial charge on any atom is -0.478 e. The van der Waals surface area contributed by atoms with Gasteiger partial charge >= 0.3 is 5.97 Å². The highest BCUT2D eigenvalue weighted by Crippen LogP contribution is 2.31. The summed E-state index contributed by atoms with van der Waals surface area (Å²) >= 11 is 6.21. The van der Waals surface area contributed by atoms with E-state index in [4.69, 9.17) is 16.0 Å². The Hall–Kier alpha value is -3.82. The number of rotatable bonds is 4. The van der Waals surface area contributed by atoms with Crippen LogP contribution in [-0.2, 0) is 0 Å². The van der Waals surface area contributed by atoms with Gasteiger partial charge in [0.2, 0.25) is 0 Å². The van der Waals surface area contributed by atoms with Crippen LogP contribution in [0.2, 0.25) is 5.02 Å². The molecule has 2 heterocycles. The highest BCUT2D eigenvalue weighted by molar-refractivity contribution is 6.33. The SMILES string of the molecule is Cc1cc2nc(/C(C#N)=C\c3ccc(-c4cc(C(=O)O)ccc4Cl)o3)[nH]c2cc1C. The molecule has 2 N–H and O–H groups in total. The van der Waals surface area contributed by atoms with Gasteiger partial charge in [0.25, 0.3) is 0 Å². The summed E-state index contributed by atoms with van der Waals surface area (Å²) in [6, 6.07) is 13.9. The second kappa shape index (κ2) is 7.54. The van der Waals surface area contributed by atoms with Gasteiger partial charge in [-0.15, -0.1) is 0 Å². The number of nitriles is 1. The van der Waals surface area contributed by atoms with E-state index in [-0.39, 0.29) is 5.56 Å². The predicted octanol–water partition coefficient (Wildman–Crippen LogP) is 5.86. The van der Waals surface area contributed by atoms with Crippen LogP contribution < -0.4 is 0 Å². The van der Waals surface area contributed by atoms with Crippen LogP contribution in [0, 0.1) is 25.2 Å². The van der Waals surface area contributed by atoms with Crippen molar-refractivity contribution in [2.24, 2.45) is 0 Å². The number of hydrogen-bond donors (Lipinski definition) is 2. The molecule has 0 unspecified atom stereocenters. The summed E-state index contributed by atoms with van der Waals surface area (Å²) in [5.41, 5.74) is 4.78. The molecule has 0 saturated heterocycles. The number of nitrogens with one attached hydrogen (secondary N) is 1. The maximum Gasteiger partial charge on any atom is 0.335 e. The number of aromatic nitrogens is 2. The molecule has 0 fully saturated rings. The van der Waals surface area contributed by atoms with Crippen molar-refractivity contribution in [1.29, 1.82) is 5.26 Å². The van der Waals surface area contributed by atoms with Crippen molar-refractivity contribution in [3.8, 4) is 17.4 Å². The van der Waals surface area contributed by atoms with Crippen LogP contribution >= 0.6 is 11.6 Å². The van der Waals surface area contributed by atoms with Gasteiger partial charge < -0.3 is 14.5 Å². The van der Waals surface area contributed by atoms with Crippen LogP contribution in [0.25, 0.3) is 34.0 Å². The van der Waals surface area contributed by atoms with Crippen molar-refractivity contribution in [3.05, 3.63) is 75.8 Å². The zero-order chi connectivity index (χ0) is 21.4. The van der Waals surface area contributed by atoms with E-state index in [1.165, 1.54) is 18.2 Å². The van der Waals surface area contributed by atoms with E-state index in [1.807, 2.05) is 26.0 Å². The number of H-pyrrole nitrogens is 1. The summed E-state index contributed by atoms with van der Waals surface area (Å²) in [6.45, 7) is 4.03. The fraction of sp³-hybridized carbons (Fsp3) is 0.0870. The summed E-state index contributed by atoms with van der Waals surface area (Å²) in [6.07, 6.45) is 1.58. The fourth-order valence-electron chi connectivity index (χ4n) is 3.12. The number of imidazole rings is 1. The van der Waals surface area contributed by atoms with Gasteiger partial charge in [-0.2, -0.15) is 5.26 Å². The number of nitrogens with zero attached hydrogens (tertiary/aromatic N) is 2. The summed E-state index contributed by atoms with van der Waals surface area (Å²) in [4.78, 5) is 18.9. The Bertz CT molecular complexity index is 1330. The molecule has 6 nitrogen and oxygen atoms in total. The van der Waals surface area contributed by atoms with E-state index in [1.54, 1.807) is 18.2 Å². The van der Waals surface area contributed by atoms with Gasteiger partial charge in [0.15, 0.2) is 0 Å². The zero-order valence-electron chi connectivity index (χ0n) is 16.2. The lowest BCUT2D eigenvalue weighted by molar-refractivity contribution is 0.0697. The first-order valence-electron chi connectivity index (χ1n) is 9.08. The molecule has 0 amide bonds. The molecule has 0 spiro atoms. The molecule has 2 aromatic carbocycles. The number of hydrogen-bond acceptors (Lipinski definition) is 4. The van der Waals surface area contributed by atoms with E-state index in [2.05, 4.69) is 16.0 Å². The van der Waals surface area contributed by atoms with E-state index < -0.39 is 5.97 Å². The number of carboxylic acids is 1. The Kier molecular flexibility index (Phi) is 4.90. The maximum atomic E-state index is 11.2. The molecule has 2 aromatic heterocycles. The number of fused-ring (bicyclic) bond motifs is 1. The number of benzene rings is 2. The van der Waals surface area contributed by atoms with Crippen LogP contribution in [0.3, 0.4) is 0 Å². The van der Waals surface area contributed by atoms with Crippen LogP contribution in [0.1, 0.15) is 33.1 Å². The normalized spacial score (nSPS) is 11.6. The van der Waals surface area contributed by atoms with E-state index in [9.17, 15) is 15.2 Å². The Morgan fingerprint density at radius 2 is 1.97 bits per heavy atom. The summed E-state index contributed by atoms with van der Waals surface area (Å²) in [5.74, 6) is 0.219. The fourth-order valence-corrected chi connectivity index (χ4v) is 3.33. The number of aryl methyl sites for hydroxylation is 2. The van der Waals surface area contributed by atoms with E-state index >= 15 is 0 Å². The number of aromatic amines is 1. The minimum atomic E-state index is -1.05. The zero-order valence-corrected chi connectivity index (χ0v) is 16.9. The van der Waals surface area contributed by atoms with Gasteiger partial charge in [-0.05, 0) is 67.4 Å². The molecular formula is C23H16ClN3O3. The molecule has 0 atom stereocenters. The lowest BCUT2D eigenvalue weighted by Gasteiger charge is -2.02. The van der Waals surface area contributed by atoms with Gasteiger partial charge in [-0.1, -0.05) is 11.6 Å². The minimum absolute atomic E-state index is 0.105. The molecule has 0 aliphatic rings. The van der Waals surface area contributed by atoms with Gasteiger partial charge in [0, 0.05) is 11.6 Å². The number of allylic oxidation sites excluding steroid dienone is 1. The predicted molar refractivity (Wildman–Crippen MR) is 115 cm³/mol. The molecular weight excluding hydrogens is 402 g/mol. The first-order chi connectivity index (χ1) is 14.4. The lowest BCUT2D eigenvalue weighted by Crippen LogP contribution is -1.96. The van der Waals surface area contributed by atoms with Crippen LogP contribution in [0.4, 0.5) is 0 Å². The average Bonchev–Trinajstić information content (AvgIpc) is 3.33. The molecule has 148 valence electrons. The van der Waals surface area contributed by atoms with Crippen molar-refractivity contribution in [1.82, 2.24) is 9.97 Å². The molecule has 0 saturated carbocycles. The van der Waals surface area contributed by atoms with Crippen LogP contribution in [0.5, 0.6) is 0 Å². The number of aromatic carboxylic acids is 1. The molecule has 4 aromatic rings. The third-order valence-electron chi connectivity index (χ3n) is 4.87. The molecule has 4 rings (SSSR count). The number of carbonyl (C=O) groups is 1. The van der Waals surface area contributed by atoms with Crippen molar-refractivity contribution < 1.29 is 14.3 Å². The third kappa shape index (κ3) is 3.59. The highest BCUT2D eigenvalue weighted by atomic mass is 35.5. The molecule has 30 heavy (non-hydrogen) atoms. The van der Waals surface area contributed by atoms with Crippen molar-refractivity contribution in [2.45, 2.75) is 13.8 Å². The Labute approximate surface area is 177 Å². The Morgan fingerprint density at radius 1 is 1.20 bits per heavy atom. The molecule has 0 aliphatic heterocycles. The largest absolute Gasteiger partial charge is 0.478 e. The van der Waals surface area contributed by atoms with Gasteiger partial charge in [-0.3, -0.25) is 0 Å². The topological polar surface area (TPSA) is 103 Å². The van der Waals surface area contributed by atoms with Crippen molar-refractivity contribution >= 4 is 40.3 Å². The van der Waals surface area contributed by atoms with Gasteiger partial charge in [0.1, 0.15) is 23.4 Å².